The lowest BCUT2D eigenvalue weighted by Crippen LogP contribution is -2.04. The van der Waals surface area contributed by atoms with E-state index in [9.17, 15) is 50.0 Å². The normalized spacial score (nSPS) is 12.9. The van der Waals surface area contributed by atoms with E-state index in [0.29, 0.717) is 0 Å². The molecule has 0 saturated heterocycles. The maximum atomic E-state index is 16.8. The number of halogens is 4. The summed E-state index contributed by atoms with van der Waals surface area (Å²) < 4.78 is 56.6. The second kappa shape index (κ2) is 10.9. The molecule has 0 fully saturated rings. The van der Waals surface area contributed by atoms with Crippen molar-refractivity contribution >= 4 is 33.4 Å². The molecule has 45 heavy (non-hydrogen) atoms. The predicted octanol–water partition coefficient (Wildman–Crippen LogP) is 7.21. The molecule has 0 amide bonds. The number of allylic oxidation sites excluding steroid dienone is 8. The second-order valence-corrected chi connectivity index (χ2v) is 9.47. The smallest absolute Gasteiger partial charge is 0.206 e. The molecule has 0 spiro atoms. The van der Waals surface area contributed by atoms with Gasteiger partial charge in [0.15, 0.2) is 0 Å². The van der Waals surface area contributed by atoms with E-state index in [1.807, 2.05) is 18.2 Å². The summed E-state index contributed by atoms with van der Waals surface area (Å²) in [6.45, 7) is 0. The van der Waals surface area contributed by atoms with Gasteiger partial charge in [-0.25, -0.2) is 4.39 Å². The fourth-order valence-corrected chi connectivity index (χ4v) is 5.43. The van der Waals surface area contributed by atoms with E-state index < -0.39 is 39.8 Å². The van der Waals surface area contributed by atoms with Crippen molar-refractivity contribution in [2.45, 2.75) is 6.18 Å². The maximum Gasteiger partial charge on any atom is 0.416 e. The summed E-state index contributed by atoms with van der Waals surface area (Å²) in [5.74, 6) is -1.14. The van der Waals surface area contributed by atoms with Crippen LogP contribution in [0.4, 0.5) is 17.6 Å². The van der Waals surface area contributed by atoms with Crippen LogP contribution in [0.3, 0.4) is 0 Å². The number of fused-ring (bicyclic) bond motifs is 2. The third-order valence-corrected chi connectivity index (χ3v) is 7.28. The van der Waals surface area contributed by atoms with E-state index in [2.05, 4.69) is 0 Å². The molecular formula is C34H9F4N7. The first-order valence-electron chi connectivity index (χ1n) is 12.5. The van der Waals surface area contributed by atoms with Gasteiger partial charge in [-0.2, -0.15) is 50.0 Å². The molecule has 7 nitrogen and oxygen atoms in total. The van der Waals surface area contributed by atoms with Gasteiger partial charge in [0, 0.05) is 33.4 Å². The minimum atomic E-state index is -4.69. The Hall–Kier alpha value is -7.23. The van der Waals surface area contributed by atoms with E-state index in [-0.39, 0.29) is 61.2 Å². The summed E-state index contributed by atoms with van der Waals surface area (Å²) in [5.41, 5.74) is -3.86. The zero-order valence-electron chi connectivity index (χ0n) is 22.3. The number of rotatable bonds is 2. The molecule has 0 aromatic heterocycles. The number of benzene rings is 3. The lowest BCUT2D eigenvalue weighted by molar-refractivity contribution is -0.137. The van der Waals surface area contributed by atoms with Gasteiger partial charge in [0.05, 0.1) is 28.3 Å². The number of alkyl halides is 3. The van der Waals surface area contributed by atoms with Crippen LogP contribution in [0.1, 0.15) is 44.5 Å². The monoisotopic (exact) mass is 591 g/mol. The molecule has 5 rings (SSSR count). The Morgan fingerprint density at radius 2 is 0.956 bits per heavy atom. The highest BCUT2D eigenvalue weighted by Crippen LogP contribution is 2.55. The summed E-state index contributed by atoms with van der Waals surface area (Å²) in [4.78, 5) is 0. The Morgan fingerprint density at radius 1 is 0.556 bits per heavy atom. The molecule has 208 valence electrons. The molecule has 11 heteroatoms. The Balaban J connectivity index is 1.93. The number of hydrogen-bond donors (Lipinski definition) is 0. The van der Waals surface area contributed by atoms with Gasteiger partial charge < -0.3 is 0 Å². The van der Waals surface area contributed by atoms with Gasteiger partial charge in [0.2, 0.25) is 0 Å². The van der Waals surface area contributed by atoms with Crippen LogP contribution in [-0.2, 0) is 6.18 Å². The number of nitrogens with zero attached hydrogens (tertiary/aromatic N) is 7. The molecule has 0 radical (unpaired) electrons. The molecule has 0 heterocycles. The van der Waals surface area contributed by atoms with Crippen LogP contribution in [-0.4, -0.2) is 0 Å². The van der Waals surface area contributed by atoms with E-state index in [1.54, 1.807) is 24.3 Å². The van der Waals surface area contributed by atoms with Crippen LogP contribution in [0.25, 0.3) is 33.4 Å². The van der Waals surface area contributed by atoms with Crippen molar-refractivity contribution in [1.29, 1.82) is 36.8 Å². The average Bonchev–Trinajstić information content (AvgIpc) is 3.55. The van der Waals surface area contributed by atoms with E-state index in [0.717, 1.165) is 24.3 Å². The lowest BCUT2D eigenvalue weighted by Gasteiger charge is -2.13. The van der Waals surface area contributed by atoms with Crippen LogP contribution in [0.15, 0.2) is 65.7 Å². The summed E-state index contributed by atoms with van der Waals surface area (Å²) in [6.07, 6.45) is -4.69. The van der Waals surface area contributed by atoms with Crippen LogP contribution < -0.4 is 0 Å². The Morgan fingerprint density at radius 3 is 1.29 bits per heavy atom. The molecule has 2 aliphatic rings. The van der Waals surface area contributed by atoms with Crippen molar-refractivity contribution in [2.75, 3.05) is 0 Å². The predicted molar refractivity (Wildman–Crippen MR) is 150 cm³/mol. The van der Waals surface area contributed by atoms with E-state index >= 15 is 4.39 Å². The van der Waals surface area contributed by atoms with Gasteiger partial charge in [-0.3, -0.25) is 0 Å². The Labute approximate surface area is 252 Å². The highest BCUT2D eigenvalue weighted by atomic mass is 19.4. The van der Waals surface area contributed by atoms with E-state index in [1.165, 1.54) is 30.3 Å². The maximum absolute atomic E-state index is 16.8. The van der Waals surface area contributed by atoms with Crippen molar-refractivity contribution in [1.82, 2.24) is 0 Å². The fourth-order valence-electron chi connectivity index (χ4n) is 5.43. The van der Waals surface area contributed by atoms with Crippen LogP contribution >= 0.6 is 0 Å². The molecular weight excluding hydrogens is 582 g/mol. The van der Waals surface area contributed by atoms with Gasteiger partial charge >= 0.3 is 6.18 Å². The minimum Gasteiger partial charge on any atom is -0.206 e. The third-order valence-electron chi connectivity index (χ3n) is 7.28. The molecule has 3 aromatic rings. The lowest BCUT2D eigenvalue weighted by atomic mass is 9.89. The minimum absolute atomic E-state index is 0.00873. The van der Waals surface area contributed by atoms with Gasteiger partial charge in [-0.05, 0) is 52.6 Å². The summed E-state index contributed by atoms with van der Waals surface area (Å²) in [5, 5.41) is 69.0. The Bertz CT molecular complexity index is 2270. The standard InChI is InChI=1S/C34H9F4N7/c35-33-31-23(29(20(11-40)12-41)27(25(31)15-44)18-3-1-17(10-39)2-4-18)9-24-30(21(13-42)14-43)28(26(16-45)32(24)33)19-5-7-22(8-6-19)34(36,37)38/h1-9H. The van der Waals surface area contributed by atoms with Crippen molar-refractivity contribution in [3.63, 3.8) is 0 Å². The quantitative estimate of drug-likeness (QED) is 0.224. The van der Waals surface area contributed by atoms with Crippen LogP contribution in [0.2, 0.25) is 0 Å². The van der Waals surface area contributed by atoms with Crippen molar-refractivity contribution < 1.29 is 17.6 Å². The first kappa shape index (κ1) is 29.3. The first-order chi connectivity index (χ1) is 21.6. The summed E-state index contributed by atoms with van der Waals surface area (Å²) in [6, 6.07) is 23.1. The van der Waals surface area contributed by atoms with Crippen LogP contribution in [0, 0.1) is 85.1 Å². The molecule has 0 bridgehead atoms. The zero-order valence-corrected chi connectivity index (χ0v) is 22.3. The number of nitriles is 7. The topological polar surface area (TPSA) is 167 Å². The van der Waals surface area contributed by atoms with Crippen molar-refractivity contribution in [3.8, 4) is 42.5 Å². The summed E-state index contributed by atoms with van der Waals surface area (Å²) in [7, 11) is 0. The van der Waals surface area contributed by atoms with Crippen LogP contribution in [0.5, 0.6) is 0 Å². The molecule has 0 N–H and O–H groups in total. The van der Waals surface area contributed by atoms with E-state index in [4.69, 9.17) is 0 Å². The van der Waals surface area contributed by atoms with Gasteiger partial charge in [-0.15, -0.1) is 0 Å². The fraction of sp³-hybridized carbons (Fsp3) is 0.0294. The summed E-state index contributed by atoms with van der Waals surface area (Å²) >= 11 is 0. The van der Waals surface area contributed by atoms with Gasteiger partial charge in [0.1, 0.15) is 53.4 Å². The zero-order chi connectivity index (χ0) is 32.6. The highest BCUT2D eigenvalue weighted by molar-refractivity contribution is 6.30. The third kappa shape index (κ3) is 4.38. The molecule has 0 atom stereocenters. The number of hydrogen-bond acceptors (Lipinski definition) is 7. The SMILES string of the molecule is N#CC(C#N)=C1C(c2ccc(C#N)cc2)=C(C#N)c2c1cc1c(c2F)C(C#N)=C(c2ccc(C(F)(F)F)cc2)C1=C(C#N)C#N. The largest absolute Gasteiger partial charge is 0.416 e. The molecule has 2 aliphatic carbocycles. The molecule has 0 aliphatic heterocycles. The molecule has 3 aromatic carbocycles. The molecule has 0 saturated carbocycles. The Kier molecular flexibility index (Phi) is 7.07. The van der Waals surface area contributed by atoms with Gasteiger partial charge in [0.25, 0.3) is 0 Å². The highest BCUT2D eigenvalue weighted by Gasteiger charge is 2.41. The average molecular weight is 591 g/mol. The van der Waals surface area contributed by atoms with Crippen molar-refractivity contribution in [2.24, 2.45) is 0 Å². The molecule has 0 unspecified atom stereocenters. The first-order valence-corrected chi connectivity index (χ1v) is 12.5. The second-order valence-electron chi connectivity index (χ2n) is 9.47. The van der Waals surface area contributed by atoms with Gasteiger partial charge in [-0.1, -0.05) is 24.3 Å². The van der Waals surface area contributed by atoms with Crippen molar-refractivity contribution in [3.05, 3.63) is 116 Å².